The van der Waals surface area contributed by atoms with Crippen molar-refractivity contribution in [3.05, 3.63) is 62.2 Å². The van der Waals surface area contributed by atoms with Crippen LogP contribution in [-0.4, -0.2) is 9.55 Å². The van der Waals surface area contributed by atoms with E-state index in [2.05, 4.69) is 27.6 Å². The van der Waals surface area contributed by atoms with E-state index in [0.717, 1.165) is 3.57 Å². The molecular formula is C14H9FIN3O. The molecular weight excluding hydrogens is 372 g/mol. The fraction of sp³-hybridized carbons (Fsp3) is 0. The highest BCUT2D eigenvalue weighted by molar-refractivity contribution is 14.1. The number of nitrogen functional groups attached to an aromatic ring is 1. The van der Waals surface area contributed by atoms with E-state index in [0.29, 0.717) is 16.6 Å². The quantitative estimate of drug-likeness (QED) is 0.660. The average Bonchev–Trinajstić information content (AvgIpc) is 2.40. The van der Waals surface area contributed by atoms with Gasteiger partial charge in [-0.1, -0.05) is 6.07 Å². The number of nitrogens with two attached hydrogens (primary N) is 1. The molecule has 100 valence electrons. The SMILES string of the molecule is Nc1nc2ccc(I)cc2c(=O)n1-c1cccc(F)c1. The first-order chi connectivity index (χ1) is 9.56. The third-order valence-electron chi connectivity index (χ3n) is 2.92. The number of halogens is 2. The molecule has 0 radical (unpaired) electrons. The van der Waals surface area contributed by atoms with Crippen LogP contribution in [-0.2, 0) is 0 Å². The minimum absolute atomic E-state index is 0.0364. The van der Waals surface area contributed by atoms with E-state index >= 15 is 0 Å². The van der Waals surface area contributed by atoms with Crippen molar-refractivity contribution >= 4 is 39.4 Å². The van der Waals surface area contributed by atoms with Crippen molar-refractivity contribution in [2.75, 3.05) is 5.73 Å². The van der Waals surface area contributed by atoms with Gasteiger partial charge in [0.1, 0.15) is 5.82 Å². The van der Waals surface area contributed by atoms with Crippen molar-refractivity contribution in [2.45, 2.75) is 0 Å². The Morgan fingerprint density at radius 2 is 2.00 bits per heavy atom. The minimum Gasteiger partial charge on any atom is -0.369 e. The summed E-state index contributed by atoms with van der Waals surface area (Å²) in [4.78, 5) is 16.7. The molecule has 2 aromatic carbocycles. The van der Waals surface area contributed by atoms with Gasteiger partial charge in [0.25, 0.3) is 5.56 Å². The molecule has 0 aliphatic rings. The summed E-state index contributed by atoms with van der Waals surface area (Å²) in [5, 5.41) is 0.454. The maximum absolute atomic E-state index is 13.3. The van der Waals surface area contributed by atoms with E-state index in [1.54, 1.807) is 18.2 Å². The Balaban J connectivity index is 2.39. The van der Waals surface area contributed by atoms with Crippen LogP contribution in [0.5, 0.6) is 0 Å². The Morgan fingerprint density at radius 1 is 1.20 bits per heavy atom. The lowest BCUT2D eigenvalue weighted by molar-refractivity contribution is 0.626. The summed E-state index contributed by atoms with van der Waals surface area (Å²) in [6.45, 7) is 0. The van der Waals surface area contributed by atoms with Crippen LogP contribution in [0.15, 0.2) is 47.3 Å². The van der Waals surface area contributed by atoms with Crippen LogP contribution < -0.4 is 11.3 Å². The maximum atomic E-state index is 13.3. The number of hydrogen-bond acceptors (Lipinski definition) is 3. The Bertz CT molecular complexity index is 876. The number of aromatic nitrogens is 2. The van der Waals surface area contributed by atoms with E-state index in [4.69, 9.17) is 5.73 Å². The molecule has 0 aliphatic carbocycles. The average molecular weight is 381 g/mol. The highest BCUT2D eigenvalue weighted by atomic mass is 127. The molecule has 20 heavy (non-hydrogen) atoms. The van der Waals surface area contributed by atoms with E-state index < -0.39 is 5.82 Å². The Hall–Kier alpha value is -1.96. The van der Waals surface area contributed by atoms with E-state index in [1.807, 2.05) is 6.07 Å². The molecule has 1 heterocycles. The van der Waals surface area contributed by atoms with Gasteiger partial charge in [0.05, 0.1) is 16.6 Å². The summed E-state index contributed by atoms with van der Waals surface area (Å²) in [6, 6.07) is 11.0. The standard InChI is InChI=1S/C14H9FIN3O/c15-8-2-1-3-10(6-8)19-13(20)11-7-9(16)4-5-12(11)18-14(19)17/h1-7H,(H2,17,18). The van der Waals surface area contributed by atoms with Crippen molar-refractivity contribution in [2.24, 2.45) is 0 Å². The molecule has 0 unspecified atom stereocenters. The lowest BCUT2D eigenvalue weighted by atomic mass is 10.2. The molecule has 0 saturated carbocycles. The zero-order valence-corrected chi connectivity index (χ0v) is 12.3. The van der Waals surface area contributed by atoms with Crippen molar-refractivity contribution in [1.82, 2.24) is 9.55 Å². The number of fused-ring (bicyclic) bond motifs is 1. The number of benzene rings is 2. The summed E-state index contributed by atoms with van der Waals surface area (Å²) >= 11 is 2.12. The zero-order valence-electron chi connectivity index (χ0n) is 10.2. The van der Waals surface area contributed by atoms with Gasteiger partial charge in [-0.15, -0.1) is 0 Å². The first-order valence-corrected chi connectivity index (χ1v) is 6.88. The van der Waals surface area contributed by atoms with Crippen LogP contribution in [0.2, 0.25) is 0 Å². The maximum Gasteiger partial charge on any atom is 0.267 e. The second-order valence-corrected chi connectivity index (χ2v) is 5.50. The van der Waals surface area contributed by atoms with Crippen molar-refractivity contribution in [3.63, 3.8) is 0 Å². The van der Waals surface area contributed by atoms with E-state index in [1.165, 1.54) is 22.8 Å². The molecule has 0 fully saturated rings. The molecule has 0 bridgehead atoms. The molecule has 6 heteroatoms. The molecule has 4 nitrogen and oxygen atoms in total. The molecule has 2 N–H and O–H groups in total. The van der Waals surface area contributed by atoms with Gasteiger partial charge < -0.3 is 5.73 Å². The summed E-state index contributed by atoms with van der Waals surface area (Å²) in [6.07, 6.45) is 0. The largest absolute Gasteiger partial charge is 0.369 e. The van der Waals surface area contributed by atoms with Gasteiger partial charge in [-0.25, -0.2) is 13.9 Å². The smallest absolute Gasteiger partial charge is 0.267 e. The van der Waals surface area contributed by atoms with Gasteiger partial charge >= 0.3 is 0 Å². The Kier molecular flexibility index (Phi) is 3.17. The van der Waals surface area contributed by atoms with Gasteiger partial charge in [-0.3, -0.25) is 4.79 Å². The predicted octanol–water partition coefficient (Wildman–Crippen LogP) is 2.71. The van der Waals surface area contributed by atoms with Crippen LogP contribution >= 0.6 is 22.6 Å². The monoisotopic (exact) mass is 381 g/mol. The highest BCUT2D eigenvalue weighted by Gasteiger charge is 2.11. The van der Waals surface area contributed by atoms with Gasteiger partial charge in [-0.2, -0.15) is 0 Å². The van der Waals surface area contributed by atoms with Crippen LogP contribution in [0.1, 0.15) is 0 Å². The summed E-state index contributed by atoms with van der Waals surface area (Å²) in [5.74, 6) is -0.397. The third-order valence-corrected chi connectivity index (χ3v) is 3.59. The van der Waals surface area contributed by atoms with Gasteiger partial charge in [-0.05, 0) is 59.0 Å². The van der Waals surface area contributed by atoms with Crippen LogP contribution in [0.25, 0.3) is 16.6 Å². The highest BCUT2D eigenvalue weighted by Crippen LogP contribution is 2.17. The van der Waals surface area contributed by atoms with Crippen LogP contribution in [0.4, 0.5) is 10.3 Å². The first kappa shape index (κ1) is 13.0. The zero-order chi connectivity index (χ0) is 14.3. The van der Waals surface area contributed by atoms with E-state index in [-0.39, 0.29) is 11.5 Å². The normalized spacial score (nSPS) is 10.9. The van der Waals surface area contributed by atoms with Crippen molar-refractivity contribution in [3.8, 4) is 5.69 Å². The fourth-order valence-corrected chi connectivity index (χ4v) is 2.53. The molecule has 3 rings (SSSR count). The van der Waals surface area contributed by atoms with Crippen LogP contribution in [0, 0.1) is 9.39 Å². The van der Waals surface area contributed by atoms with E-state index in [9.17, 15) is 9.18 Å². The number of hydrogen-bond donors (Lipinski definition) is 1. The topological polar surface area (TPSA) is 60.9 Å². The fourth-order valence-electron chi connectivity index (χ4n) is 2.04. The molecule has 0 amide bonds. The second-order valence-electron chi connectivity index (χ2n) is 4.25. The molecule has 1 aromatic heterocycles. The molecule has 3 aromatic rings. The lowest BCUT2D eigenvalue weighted by Gasteiger charge is -2.10. The lowest BCUT2D eigenvalue weighted by Crippen LogP contribution is -2.23. The van der Waals surface area contributed by atoms with Gasteiger partial charge in [0.2, 0.25) is 5.95 Å². The predicted molar refractivity (Wildman–Crippen MR) is 84.4 cm³/mol. The van der Waals surface area contributed by atoms with Crippen molar-refractivity contribution < 1.29 is 4.39 Å². The van der Waals surface area contributed by atoms with Gasteiger partial charge in [0, 0.05) is 3.57 Å². The second kappa shape index (κ2) is 4.86. The molecule has 0 atom stereocenters. The van der Waals surface area contributed by atoms with Gasteiger partial charge in [0.15, 0.2) is 0 Å². The molecule has 0 aliphatic heterocycles. The Labute approximate surface area is 127 Å². The van der Waals surface area contributed by atoms with Crippen LogP contribution in [0.3, 0.4) is 0 Å². The van der Waals surface area contributed by atoms with Crippen molar-refractivity contribution in [1.29, 1.82) is 0 Å². The summed E-state index contributed by atoms with van der Waals surface area (Å²) in [7, 11) is 0. The number of anilines is 1. The first-order valence-electron chi connectivity index (χ1n) is 5.80. The summed E-state index contributed by atoms with van der Waals surface area (Å²) < 4.78 is 15.4. The molecule has 0 spiro atoms. The minimum atomic E-state index is -0.434. The third kappa shape index (κ3) is 2.15. The number of nitrogens with zero attached hydrogens (tertiary/aromatic N) is 2. The molecule has 0 saturated heterocycles. The number of rotatable bonds is 1. The summed E-state index contributed by atoms with van der Waals surface area (Å²) in [5.41, 5.74) is 6.42. The Morgan fingerprint density at radius 3 is 2.75 bits per heavy atom.